The van der Waals surface area contributed by atoms with Crippen LogP contribution in [0.2, 0.25) is 10.0 Å². The second-order valence-corrected chi connectivity index (χ2v) is 8.43. The molecule has 8 heteroatoms. The van der Waals surface area contributed by atoms with E-state index in [2.05, 4.69) is 22.4 Å². The summed E-state index contributed by atoms with van der Waals surface area (Å²) in [6.07, 6.45) is 4.20. The average molecular weight is 450 g/mol. The molecule has 0 aliphatic carbocycles. The van der Waals surface area contributed by atoms with Crippen LogP contribution in [0.4, 0.5) is 0 Å². The van der Waals surface area contributed by atoms with E-state index in [4.69, 9.17) is 27.9 Å². The SMILES string of the molecule is CCCCOc1ccc(/C=N/N=C2/NC(=O)C(Cc3c(Cl)cccc3Cl)S2)cc1. The van der Waals surface area contributed by atoms with Crippen molar-refractivity contribution in [1.29, 1.82) is 0 Å². The van der Waals surface area contributed by atoms with E-state index in [1.54, 1.807) is 24.4 Å². The summed E-state index contributed by atoms with van der Waals surface area (Å²) in [7, 11) is 0. The molecule has 0 bridgehead atoms. The van der Waals surface area contributed by atoms with Gasteiger partial charge in [-0.3, -0.25) is 4.79 Å². The number of nitrogens with zero attached hydrogens (tertiary/aromatic N) is 2. The van der Waals surface area contributed by atoms with E-state index in [0.717, 1.165) is 36.3 Å². The Kier molecular flexibility index (Phi) is 7.98. The van der Waals surface area contributed by atoms with Crippen LogP contribution >= 0.6 is 35.0 Å². The Labute approximate surface area is 184 Å². The highest BCUT2D eigenvalue weighted by Crippen LogP contribution is 2.30. The maximum absolute atomic E-state index is 12.2. The zero-order chi connectivity index (χ0) is 20.6. The van der Waals surface area contributed by atoms with Crippen LogP contribution in [0.25, 0.3) is 0 Å². The van der Waals surface area contributed by atoms with Crippen LogP contribution < -0.4 is 10.1 Å². The van der Waals surface area contributed by atoms with E-state index < -0.39 is 0 Å². The Bertz CT molecular complexity index is 896. The van der Waals surface area contributed by atoms with Crippen molar-refractivity contribution in [3.05, 3.63) is 63.6 Å². The van der Waals surface area contributed by atoms with E-state index in [-0.39, 0.29) is 11.2 Å². The van der Waals surface area contributed by atoms with Gasteiger partial charge in [0.15, 0.2) is 5.17 Å². The second kappa shape index (κ2) is 10.7. The summed E-state index contributed by atoms with van der Waals surface area (Å²) in [5, 5.41) is 12.1. The molecule has 0 aromatic heterocycles. The Morgan fingerprint density at radius 2 is 1.90 bits per heavy atom. The molecule has 0 spiro atoms. The molecule has 1 N–H and O–H groups in total. The minimum Gasteiger partial charge on any atom is -0.494 e. The van der Waals surface area contributed by atoms with Crippen LogP contribution in [-0.2, 0) is 11.2 Å². The second-order valence-electron chi connectivity index (χ2n) is 6.42. The normalized spacial score (nSPS) is 17.8. The van der Waals surface area contributed by atoms with Crippen molar-refractivity contribution in [3.8, 4) is 5.75 Å². The van der Waals surface area contributed by atoms with Gasteiger partial charge in [0, 0.05) is 10.0 Å². The fraction of sp³-hybridized carbons (Fsp3) is 0.286. The number of carbonyl (C=O) groups is 1. The molecule has 1 fully saturated rings. The van der Waals surface area contributed by atoms with Crippen LogP contribution in [0.15, 0.2) is 52.7 Å². The fourth-order valence-corrected chi connectivity index (χ4v) is 4.12. The van der Waals surface area contributed by atoms with E-state index in [0.29, 0.717) is 21.6 Å². The van der Waals surface area contributed by atoms with Gasteiger partial charge < -0.3 is 10.1 Å². The molecule has 2 aromatic carbocycles. The molecular weight excluding hydrogens is 429 g/mol. The Balaban J connectivity index is 1.57. The van der Waals surface area contributed by atoms with E-state index in [1.165, 1.54) is 11.8 Å². The lowest BCUT2D eigenvalue weighted by molar-refractivity contribution is -0.118. The van der Waals surface area contributed by atoms with Gasteiger partial charge in [-0.15, -0.1) is 5.10 Å². The average Bonchev–Trinajstić information content (AvgIpc) is 3.05. The molecule has 29 heavy (non-hydrogen) atoms. The third kappa shape index (κ3) is 6.23. The topological polar surface area (TPSA) is 63.1 Å². The lowest BCUT2D eigenvalue weighted by Crippen LogP contribution is -2.26. The number of rotatable bonds is 8. The largest absolute Gasteiger partial charge is 0.494 e. The van der Waals surface area contributed by atoms with E-state index >= 15 is 0 Å². The van der Waals surface area contributed by atoms with Crippen molar-refractivity contribution in [2.75, 3.05) is 6.61 Å². The van der Waals surface area contributed by atoms with Crippen molar-refractivity contribution >= 4 is 52.3 Å². The number of carbonyl (C=O) groups excluding carboxylic acids is 1. The fourth-order valence-electron chi connectivity index (χ4n) is 2.63. The zero-order valence-corrected chi connectivity index (χ0v) is 18.2. The number of thioether (sulfide) groups is 1. The number of hydrogen-bond acceptors (Lipinski definition) is 5. The molecule has 1 unspecified atom stereocenters. The Morgan fingerprint density at radius 3 is 2.59 bits per heavy atom. The summed E-state index contributed by atoms with van der Waals surface area (Å²) in [4.78, 5) is 12.2. The molecule has 0 saturated carbocycles. The maximum atomic E-state index is 12.2. The first-order chi connectivity index (χ1) is 14.1. The molecule has 1 heterocycles. The Hall–Kier alpha value is -2.02. The van der Waals surface area contributed by atoms with Crippen LogP contribution in [0.1, 0.15) is 30.9 Å². The summed E-state index contributed by atoms with van der Waals surface area (Å²) >= 11 is 13.7. The van der Waals surface area contributed by atoms with Gasteiger partial charge in [0.05, 0.1) is 18.1 Å². The monoisotopic (exact) mass is 449 g/mol. The molecule has 3 rings (SSSR count). The highest BCUT2D eigenvalue weighted by molar-refractivity contribution is 8.15. The first-order valence-corrected chi connectivity index (χ1v) is 10.9. The summed E-state index contributed by atoms with van der Waals surface area (Å²) in [5.74, 6) is 0.704. The van der Waals surface area contributed by atoms with Crippen LogP contribution in [0, 0.1) is 0 Å². The molecule has 1 amide bonds. The van der Waals surface area contributed by atoms with Gasteiger partial charge in [-0.2, -0.15) is 5.10 Å². The minimum absolute atomic E-state index is 0.131. The van der Waals surface area contributed by atoms with Crippen molar-refractivity contribution in [2.45, 2.75) is 31.4 Å². The first-order valence-electron chi connectivity index (χ1n) is 9.31. The number of benzene rings is 2. The van der Waals surface area contributed by atoms with Crippen molar-refractivity contribution < 1.29 is 9.53 Å². The highest BCUT2D eigenvalue weighted by atomic mass is 35.5. The standard InChI is InChI=1S/C21H21Cl2N3O2S/c1-2-3-11-28-15-9-7-14(8-10-15)13-24-26-21-25-20(27)19(29-21)12-16-17(22)5-4-6-18(16)23/h4-10,13,19H,2-3,11-12H2,1H3,(H,25,26,27)/b24-13+. The summed E-state index contributed by atoms with van der Waals surface area (Å²) in [6.45, 7) is 2.85. The molecule has 1 atom stereocenters. The van der Waals surface area contributed by atoms with Crippen molar-refractivity contribution in [3.63, 3.8) is 0 Å². The first kappa shape index (κ1) is 21.7. The van der Waals surface area contributed by atoms with Gasteiger partial charge >= 0.3 is 0 Å². The maximum Gasteiger partial charge on any atom is 0.239 e. The molecule has 1 saturated heterocycles. The van der Waals surface area contributed by atoms with Crippen LogP contribution in [0.5, 0.6) is 5.75 Å². The van der Waals surface area contributed by atoms with Crippen molar-refractivity contribution in [1.82, 2.24) is 5.32 Å². The number of unbranched alkanes of at least 4 members (excludes halogenated alkanes) is 1. The lowest BCUT2D eigenvalue weighted by Gasteiger charge is -2.09. The number of ether oxygens (including phenoxy) is 1. The van der Waals surface area contributed by atoms with E-state index in [1.807, 2.05) is 24.3 Å². The summed E-state index contributed by atoms with van der Waals surface area (Å²) in [6, 6.07) is 12.9. The van der Waals surface area contributed by atoms with Crippen LogP contribution in [-0.4, -0.2) is 29.1 Å². The molecule has 1 aliphatic heterocycles. The zero-order valence-electron chi connectivity index (χ0n) is 15.9. The number of amides is 1. The smallest absolute Gasteiger partial charge is 0.239 e. The van der Waals surface area contributed by atoms with Gasteiger partial charge in [0.25, 0.3) is 0 Å². The van der Waals surface area contributed by atoms with E-state index in [9.17, 15) is 4.79 Å². The predicted molar refractivity (Wildman–Crippen MR) is 122 cm³/mol. The third-order valence-electron chi connectivity index (χ3n) is 4.23. The lowest BCUT2D eigenvalue weighted by atomic mass is 10.1. The number of halogens is 2. The molecule has 2 aromatic rings. The highest BCUT2D eigenvalue weighted by Gasteiger charge is 2.31. The Morgan fingerprint density at radius 1 is 1.17 bits per heavy atom. The summed E-state index contributed by atoms with van der Waals surface area (Å²) < 4.78 is 5.63. The molecule has 5 nitrogen and oxygen atoms in total. The van der Waals surface area contributed by atoms with Gasteiger partial charge in [-0.1, -0.05) is 54.4 Å². The summed E-state index contributed by atoms with van der Waals surface area (Å²) in [5.41, 5.74) is 1.65. The third-order valence-corrected chi connectivity index (χ3v) is 6.01. The number of amidine groups is 1. The van der Waals surface area contributed by atoms with Gasteiger partial charge in [0.1, 0.15) is 5.75 Å². The van der Waals surface area contributed by atoms with Crippen LogP contribution in [0.3, 0.4) is 0 Å². The molecule has 152 valence electrons. The minimum atomic E-state index is -0.346. The van der Waals surface area contributed by atoms with Gasteiger partial charge in [-0.25, -0.2) is 0 Å². The van der Waals surface area contributed by atoms with Gasteiger partial charge in [-0.05, 0) is 60.4 Å². The number of nitrogens with one attached hydrogen (secondary N) is 1. The molecule has 1 aliphatic rings. The van der Waals surface area contributed by atoms with Gasteiger partial charge in [0.2, 0.25) is 5.91 Å². The molecule has 0 radical (unpaired) electrons. The van der Waals surface area contributed by atoms with Crippen molar-refractivity contribution in [2.24, 2.45) is 10.2 Å². The number of hydrogen-bond donors (Lipinski definition) is 1. The molecular formula is C21H21Cl2N3O2S. The quantitative estimate of drug-likeness (QED) is 0.336. The predicted octanol–water partition coefficient (Wildman–Crippen LogP) is 5.34.